The van der Waals surface area contributed by atoms with Crippen LogP contribution >= 0.6 is 0 Å². The number of nitrogens with one attached hydrogen (secondary N) is 1. The standard InChI is InChI=1S/C19H24N6Se/c1-19(2,3)12-7-5-11(6-8-12)9-25-15(20)13(16(21)26)14-17(22-4)23-10-24-18(14)25/h5-8,10H,9,20H2,1-4H3,(H2,21,26)(H,22,23,24). The molecule has 0 amide bonds. The van der Waals surface area contributed by atoms with E-state index in [9.17, 15) is 0 Å². The van der Waals surface area contributed by atoms with E-state index in [1.807, 2.05) is 11.6 Å². The average Bonchev–Trinajstić information content (AvgIpc) is 2.87. The van der Waals surface area contributed by atoms with Crippen molar-refractivity contribution in [1.82, 2.24) is 14.5 Å². The van der Waals surface area contributed by atoms with Crippen molar-refractivity contribution in [3.8, 4) is 0 Å². The number of nitrogens with two attached hydrogens (primary N) is 2. The van der Waals surface area contributed by atoms with Crippen LogP contribution in [0.1, 0.15) is 37.5 Å². The molecule has 136 valence electrons. The molecule has 0 aliphatic rings. The second kappa shape index (κ2) is 6.74. The monoisotopic (exact) mass is 416 g/mol. The van der Waals surface area contributed by atoms with Gasteiger partial charge in [-0.25, -0.2) is 0 Å². The van der Waals surface area contributed by atoms with Gasteiger partial charge in [0.15, 0.2) is 0 Å². The fraction of sp³-hybridized carbons (Fsp3) is 0.316. The number of anilines is 2. The molecule has 5 N–H and O–H groups in total. The summed E-state index contributed by atoms with van der Waals surface area (Å²) in [5.41, 5.74) is 16.6. The van der Waals surface area contributed by atoms with Crippen molar-refractivity contribution in [3.63, 3.8) is 0 Å². The Morgan fingerprint density at radius 2 is 1.85 bits per heavy atom. The summed E-state index contributed by atoms with van der Waals surface area (Å²) in [5.74, 6) is 1.28. The van der Waals surface area contributed by atoms with Crippen LogP contribution in [0, 0.1) is 0 Å². The van der Waals surface area contributed by atoms with Gasteiger partial charge < -0.3 is 0 Å². The van der Waals surface area contributed by atoms with E-state index in [4.69, 9.17) is 11.5 Å². The summed E-state index contributed by atoms with van der Waals surface area (Å²) in [4.78, 5) is 8.75. The normalized spacial score (nSPS) is 11.7. The third-order valence-corrected chi connectivity index (χ3v) is 4.95. The van der Waals surface area contributed by atoms with E-state index in [1.165, 1.54) is 11.9 Å². The van der Waals surface area contributed by atoms with Gasteiger partial charge in [-0.2, -0.15) is 0 Å². The second-order valence-corrected chi connectivity index (χ2v) is 8.25. The van der Waals surface area contributed by atoms with E-state index in [0.29, 0.717) is 22.7 Å². The molecule has 0 saturated carbocycles. The molecule has 1 aromatic carbocycles. The number of nitrogens with zero attached hydrogens (tertiary/aromatic N) is 3. The molecule has 26 heavy (non-hydrogen) atoms. The van der Waals surface area contributed by atoms with Gasteiger partial charge in [0, 0.05) is 0 Å². The predicted octanol–water partition coefficient (Wildman–Crippen LogP) is 2.01. The van der Waals surface area contributed by atoms with Gasteiger partial charge in [-0.3, -0.25) is 0 Å². The molecule has 3 aromatic rings. The van der Waals surface area contributed by atoms with Gasteiger partial charge in [-0.05, 0) is 0 Å². The molecule has 0 bridgehead atoms. The fourth-order valence-electron chi connectivity index (χ4n) is 3.08. The Kier molecular flexibility index (Phi) is 4.78. The summed E-state index contributed by atoms with van der Waals surface area (Å²) < 4.78 is 2.50. The number of nitrogen functional groups attached to an aromatic ring is 1. The number of hydrogen-bond acceptors (Lipinski definition) is 5. The third-order valence-electron chi connectivity index (χ3n) is 4.52. The Labute approximate surface area is 161 Å². The summed E-state index contributed by atoms with van der Waals surface area (Å²) in [6.07, 6.45) is 1.53. The van der Waals surface area contributed by atoms with Crippen LogP contribution in [0.15, 0.2) is 30.6 Å². The first kappa shape index (κ1) is 18.4. The predicted molar refractivity (Wildman–Crippen MR) is 110 cm³/mol. The summed E-state index contributed by atoms with van der Waals surface area (Å²) >= 11 is 2.86. The molecule has 2 aromatic heterocycles. The molecule has 7 heteroatoms. The van der Waals surface area contributed by atoms with Crippen LogP contribution in [0.5, 0.6) is 0 Å². The Bertz CT molecular complexity index is 966. The van der Waals surface area contributed by atoms with E-state index < -0.39 is 0 Å². The van der Waals surface area contributed by atoms with Crippen LogP contribution in [-0.2, 0) is 12.0 Å². The van der Waals surface area contributed by atoms with Crippen molar-refractivity contribution < 1.29 is 0 Å². The molecule has 3 rings (SSSR count). The molecule has 0 atom stereocenters. The van der Waals surface area contributed by atoms with Crippen LogP contribution < -0.4 is 16.8 Å². The summed E-state index contributed by atoms with van der Waals surface area (Å²) in [7, 11) is 1.82. The van der Waals surface area contributed by atoms with Gasteiger partial charge in [0.2, 0.25) is 0 Å². The summed E-state index contributed by atoms with van der Waals surface area (Å²) in [6.45, 7) is 7.23. The van der Waals surface area contributed by atoms with Gasteiger partial charge in [0.1, 0.15) is 0 Å². The van der Waals surface area contributed by atoms with Crippen molar-refractivity contribution in [2.45, 2.75) is 32.7 Å². The van der Waals surface area contributed by atoms with Crippen molar-refractivity contribution in [2.24, 2.45) is 5.73 Å². The zero-order valence-corrected chi connectivity index (χ0v) is 17.2. The zero-order chi connectivity index (χ0) is 19.1. The van der Waals surface area contributed by atoms with Crippen LogP contribution in [0.4, 0.5) is 11.6 Å². The van der Waals surface area contributed by atoms with E-state index in [1.54, 1.807) is 0 Å². The molecule has 2 heterocycles. The molecular formula is C19H24N6Se. The zero-order valence-electron chi connectivity index (χ0n) is 15.5. The van der Waals surface area contributed by atoms with E-state index in [-0.39, 0.29) is 5.41 Å². The van der Waals surface area contributed by atoms with Crippen LogP contribution in [0.3, 0.4) is 0 Å². The second-order valence-electron chi connectivity index (χ2n) is 7.33. The molecule has 0 fully saturated rings. The Morgan fingerprint density at radius 3 is 2.38 bits per heavy atom. The first-order valence-corrected chi connectivity index (χ1v) is 9.29. The topological polar surface area (TPSA) is 94.8 Å². The number of hydrogen-bond donors (Lipinski definition) is 3. The van der Waals surface area contributed by atoms with Gasteiger partial charge >= 0.3 is 161 Å². The molecule has 0 radical (unpaired) electrons. The van der Waals surface area contributed by atoms with Gasteiger partial charge in [0.05, 0.1) is 0 Å². The van der Waals surface area contributed by atoms with Gasteiger partial charge in [0.25, 0.3) is 0 Å². The number of benzene rings is 1. The molecular weight excluding hydrogens is 391 g/mol. The fourth-order valence-corrected chi connectivity index (χ4v) is 3.51. The van der Waals surface area contributed by atoms with Crippen LogP contribution in [0.25, 0.3) is 11.0 Å². The van der Waals surface area contributed by atoms with Crippen molar-refractivity contribution in [2.75, 3.05) is 18.1 Å². The summed E-state index contributed by atoms with van der Waals surface area (Å²) in [6, 6.07) is 8.61. The molecule has 0 unspecified atom stereocenters. The quantitative estimate of drug-likeness (QED) is 0.567. The van der Waals surface area contributed by atoms with Gasteiger partial charge in [-0.1, -0.05) is 0 Å². The van der Waals surface area contributed by atoms with Crippen molar-refractivity contribution in [1.29, 1.82) is 0 Å². The number of aromatic nitrogens is 3. The maximum atomic E-state index is 6.43. The number of rotatable bonds is 4. The third kappa shape index (κ3) is 3.20. The molecule has 0 aliphatic heterocycles. The SMILES string of the molecule is CNc1ncnc2c1c(C(N)=[Se])c(N)n2Cc1ccc(C(C)(C)C)cc1. The Morgan fingerprint density at radius 1 is 1.19 bits per heavy atom. The van der Waals surface area contributed by atoms with Gasteiger partial charge in [-0.15, -0.1) is 0 Å². The minimum absolute atomic E-state index is 0.126. The Balaban J connectivity index is 2.11. The van der Waals surface area contributed by atoms with E-state index in [0.717, 1.165) is 22.2 Å². The first-order valence-electron chi connectivity index (χ1n) is 8.43. The minimum atomic E-state index is 0.126. The maximum absolute atomic E-state index is 6.43. The molecule has 6 nitrogen and oxygen atoms in total. The summed E-state index contributed by atoms with van der Waals surface area (Å²) in [5, 5.41) is 3.92. The van der Waals surface area contributed by atoms with E-state index >= 15 is 0 Å². The number of fused-ring (bicyclic) bond motifs is 1. The average molecular weight is 415 g/mol. The van der Waals surface area contributed by atoms with Crippen LogP contribution in [-0.4, -0.2) is 41.7 Å². The Hall–Kier alpha value is -2.37. The first-order chi connectivity index (χ1) is 12.2. The van der Waals surface area contributed by atoms with Crippen molar-refractivity contribution >= 4 is 42.8 Å². The van der Waals surface area contributed by atoms with E-state index in [2.05, 4.69) is 75.9 Å². The molecule has 0 spiro atoms. The molecule has 0 saturated heterocycles. The van der Waals surface area contributed by atoms with Crippen molar-refractivity contribution in [3.05, 3.63) is 47.3 Å². The van der Waals surface area contributed by atoms with Crippen LogP contribution in [0.2, 0.25) is 0 Å². The molecule has 0 aliphatic carbocycles.